The summed E-state index contributed by atoms with van der Waals surface area (Å²) in [7, 11) is 0. The van der Waals surface area contributed by atoms with Crippen LogP contribution in [-0.4, -0.2) is 31.5 Å². The molecule has 0 radical (unpaired) electrons. The minimum Gasteiger partial charge on any atom is -0.342 e. The van der Waals surface area contributed by atoms with Crippen molar-refractivity contribution < 1.29 is 4.79 Å². The highest BCUT2D eigenvalue weighted by atomic mass is 35.5. The van der Waals surface area contributed by atoms with E-state index in [-0.39, 0.29) is 11.4 Å². The number of carbonyl (C=O) groups is 1. The molecule has 0 saturated carbocycles. The minimum absolute atomic E-state index is 0.0357. The van der Waals surface area contributed by atoms with Gasteiger partial charge in [-0.15, -0.1) is 0 Å². The molecule has 3 aromatic rings. The summed E-state index contributed by atoms with van der Waals surface area (Å²) in [6.07, 6.45) is 4.40. The Balaban J connectivity index is 1.57. The molecule has 5 rings (SSSR count). The Morgan fingerprint density at radius 1 is 1.19 bits per heavy atom. The maximum absolute atomic E-state index is 12.7. The Kier molecular flexibility index (Phi) is 5.41. The quantitative estimate of drug-likeness (QED) is 0.462. The summed E-state index contributed by atoms with van der Waals surface area (Å²) in [6.45, 7) is 2.52. The molecule has 0 aliphatic carbocycles. The van der Waals surface area contributed by atoms with Crippen LogP contribution in [-0.2, 0) is 11.3 Å². The summed E-state index contributed by atoms with van der Waals surface area (Å²) in [5.41, 5.74) is 2.96. The van der Waals surface area contributed by atoms with Gasteiger partial charge in [-0.3, -0.25) is 10.2 Å². The molecule has 0 bridgehead atoms. The number of halogens is 2. The first-order valence-electron chi connectivity index (χ1n) is 9.95. The first kappa shape index (κ1) is 21.0. The van der Waals surface area contributed by atoms with E-state index in [9.17, 15) is 4.79 Å². The number of para-hydroxylation sites is 1. The van der Waals surface area contributed by atoms with Crippen LogP contribution in [0.3, 0.4) is 0 Å². The van der Waals surface area contributed by atoms with Crippen LogP contribution in [0.25, 0.3) is 17.0 Å². The molecular weight excluding hydrogens is 465 g/mol. The van der Waals surface area contributed by atoms with Crippen LogP contribution in [0.2, 0.25) is 10.0 Å². The van der Waals surface area contributed by atoms with Crippen LogP contribution >= 0.6 is 35.0 Å². The molecule has 32 heavy (non-hydrogen) atoms. The monoisotopic (exact) mass is 481 g/mol. The third-order valence-electron chi connectivity index (χ3n) is 5.27. The topological polar surface area (TPSA) is 73.8 Å². The van der Waals surface area contributed by atoms with Crippen LogP contribution in [0.1, 0.15) is 24.5 Å². The lowest BCUT2D eigenvalue weighted by Gasteiger charge is -2.20. The van der Waals surface area contributed by atoms with Crippen molar-refractivity contribution >= 4 is 73.9 Å². The number of amidine groups is 2. The zero-order chi connectivity index (χ0) is 22.4. The lowest BCUT2D eigenvalue weighted by atomic mass is 10.1. The highest BCUT2D eigenvalue weighted by molar-refractivity contribution is 8.26. The number of aromatic nitrogens is 1. The van der Waals surface area contributed by atoms with Gasteiger partial charge < -0.3 is 4.57 Å². The molecule has 2 aliphatic heterocycles. The van der Waals surface area contributed by atoms with E-state index in [1.807, 2.05) is 49.5 Å². The summed E-state index contributed by atoms with van der Waals surface area (Å²) >= 11 is 13.8. The number of carbonyl (C=O) groups excluding carboxylic acids is 1. The molecule has 1 aromatic heterocycles. The molecule has 1 N–H and O–H groups in total. The van der Waals surface area contributed by atoms with Gasteiger partial charge in [-0.05, 0) is 48.0 Å². The summed E-state index contributed by atoms with van der Waals surface area (Å²) in [6, 6.07) is 13.4. The first-order valence-corrected chi connectivity index (χ1v) is 11.5. The zero-order valence-corrected chi connectivity index (χ0v) is 19.3. The average molecular weight is 482 g/mol. The smallest absolute Gasteiger partial charge is 0.283 e. The van der Waals surface area contributed by atoms with E-state index in [1.165, 1.54) is 16.8 Å². The van der Waals surface area contributed by atoms with Crippen molar-refractivity contribution in [2.75, 3.05) is 0 Å². The normalized spacial score (nSPS) is 17.2. The number of fused-ring (bicyclic) bond motifs is 2. The van der Waals surface area contributed by atoms with Crippen LogP contribution in [0.4, 0.5) is 0 Å². The van der Waals surface area contributed by atoms with E-state index in [0.29, 0.717) is 21.8 Å². The molecule has 2 aliphatic rings. The van der Waals surface area contributed by atoms with Gasteiger partial charge in [0.05, 0.1) is 5.57 Å². The van der Waals surface area contributed by atoms with Gasteiger partial charge in [-0.25, -0.2) is 0 Å². The predicted molar refractivity (Wildman–Crippen MR) is 133 cm³/mol. The molecule has 0 atom stereocenters. The van der Waals surface area contributed by atoms with Crippen molar-refractivity contribution in [3.63, 3.8) is 0 Å². The number of aliphatic imine (C=N–C) groups is 1. The third kappa shape index (κ3) is 3.66. The molecule has 160 valence electrons. The van der Waals surface area contributed by atoms with Gasteiger partial charge in [-0.2, -0.15) is 15.1 Å². The molecule has 0 fully saturated rings. The lowest BCUT2D eigenvalue weighted by molar-refractivity contribution is -0.114. The van der Waals surface area contributed by atoms with Gasteiger partial charge in [0, 0.05) is 39.3 Å². The molecule has 0 spiro atoms. The molecule has 0 unspecified atom stereocenters. The maximum Gasteiger partial charge on any atom is 0.283 e. The van der Waals surface area contributed by atoms with E-state index in [0.717, 1.165) is 33.5 Å². The second-order valence-corrected chi connectivity index (χ2v) is 9.22. The van der Waals surface area contributed by atoms with Gasteiger partial charge in [0.25, 0.3) is 5.91 Å². The fraction of sp³-hybridized carbons (Fsp3) is 0.130. The number of amides is 1. The fourth-order valence-electron chi connectivity index (χ4n) is 3.68. The number of nitrogens with zero attached hydrogens (tertiary/aromatic N) is 4. The second kappa shape index (κ2) is 8.24. The fourth-order valence-corrected chi connectivity index (χ4v) is 4.98. The standard InChI is InChI=1S/C23H17Cl2N5OS/c1-2-20-28-30-21(26)17(22(31)27-23(30)32-20)9-14-12-29(19-6-4-3-5-16(14)19)11-13-7-8-15(24)10-18(13)25/h3-10,12,26H,2,11H2,1H3/b17-9+,26-21?. The van der Waals surface area contributed by atoms with Crippen molar-refractivity contribution in [3.05, 3.63) is 75.4 Å². The summed E-state index contributed by atoms with van der Waals surface area (Å²) in [5, 5.41) is 17.8. The lowest BCUT2D eigenvalue weighted by Crippen LogP contribution is -2.35. The van der Waals surface area contributed by atoms with Crippen molar-refractivity contribution in [1.29, 1.82) is 5.41 Å². The number of rotatable bonds is 4. The number of hydrogen-bond acceptors (Lipinski definition) is 4. The Bertz CT molecular complexity index is 1390. The van der Waals surface area contributed by atoms with Crippen LogP contribution < -0.4 is 0 Å². The summed E-state index contributed by atoms with van der Waals surface area (Å²) in [4.78, 5) is 16.9. The van der Waals surface area contributed by atoms with Crippen LogP contribution in [0, 0.1) is 5.41 Å². The molecule has 6 nitrogen and oxygen atoms in total. The maximum atomic E-state index is 12.7. The molecule has 3 heterocycles. The number of nitrogens with one attached hydrogen (secondary N) is 1. The summed E-state index contributed by atoms with van der Waals surface area (Å²) < 4.78 is 2.07. The molecule has 2 aromatic carbocycles. The average Bonchev–Trinajstić information content (AvgIpc) is 3.35. The van der Waals surface area contributed by atoms with Crippen molar-refractivity contribution in [2.45, 2.75) is 19.9 Å². The van der Waals surface area contributed by atoms with Crippen LogP contribution in [0.5, 0.6) is 0 Å². The number of hydrazone groups is 1. The number of thioether (sulfide) groups is 1. The van der Waals surface area contributed by atoms with Gasteiger partial charge in [-0.1, -0.05) is 54.4 Å². The van der Waals surface area contributed by atoms with Gasteiger partial charge >= 0.3 is 0 Å². The van der Waals surface area contributed by atoms with Gasteiger partial charge in [0.15, 0.2) is 5.84 Å². The van der Waals surface area contributed by atoms with Crippen molar-refractivity contribution in [1.82, 2.24) is 9.58 Å². The van der Waals surface area contributed by atoms with Crippen molar-refractivity contribution in [3.8, 4) is 0 Å². The van der Waals surface area contributed by atoms with Gasteiger partial charge in [0.2, 0.25) is 5.17 Å². The SMILES string of the molecule is CCC1=NN2C(=N)/C(=C\c3cn(Cc4ccc(Cl)cc4Cl)c4ccccc34)C(=O)N=C2S1. The highest BCUT2D eigenvalue weighted by Gasteiger charge is 2.35. The second-order valence-electron chi connectivity index (χ2n) is 7.33. The molecule has 1 amide bonds. The van der Waals surface area contributed by atoms with E-state index >= 15 is 0 Å². The molecular formula is C23H17Cl2N5OS. The van der Waals surface area contributed by atoms with E-state index in [4.69, 9.17) is 28.6 Å². The van der Waals surface area contributed by atoms with E-state index in [2.05, 4.69) is 14.7 Å². The van der Waals surface area contributed by atoms with E-state index in [1.54, 1.807) is 12.1 Å². The number of hydrogen-bond donors (Lipinski definition) is 1. The predicted octanol–water partition coefficient (Wildman–Crippen LogP) is 6.03. The number of benzene rings is 2. The van der Waals surface area contributed by atoms with Crippen LogP contribution in [0.15, 0.2) is 64.3 Å². The Morgan fingerprint density at radius 2 is 2.00 bits per heavy atom. The largest absolute Gasteiger partial charge is 0.342 e. The molecule has 9 heteroatoms. The van der Waals surface area contributed by atoms with Gasteiger partial charge in [0.1, 0.15) is 5.04 Å². The Morgan fingerprint density at radius 3 is 2.78 bits per heavy atom. The highest BCUT2D eigenvalue weighted by Crippen LogP contribution is 2.31. The first-order chi connectivity index (χ1) is 15.4. The third-order valence-corrected chi connectivity index (χ3v) is 6.91. The molecule has 0 saturated heterocycles. The zero-order valence-electron chi connectivity index (χ0n) is 17.0. The Labute approximate surface area is 198 Å². The van der Waals surface area contributed by atoms with E-state index < -0.39 is 5.91 Å². The summed E-state index contributed by atoms with van der Waals surface area (Å²) in [5.74, 6) is -0.396. The van der Waals surface area contributed by atoms with Crippen molar-refractivity contribution in [2.24, 2.45) is 10.1 Å². The Hall–Kier alpha value is -2.87. The minimum atomic E-state index is -0.432.